The van der Waals surface area contributed by atoms with Gasteiger partial charge in [0.2, 0.25) is 23.6 Å². The number of rotatable bonds is 15. The Hall–Kier alpha value is -2.34. The quantitative estimate of drug-likeness (QED) is 0.177. The molecule has 0 fully saturated rings. The van der Waals surface area contributed by atoms with E-state index in [0.29, 0.717) is 5.75 Å². The van der Waals surface area contributed by atoms with Gasteiger partial charge < -0.3 is 32.5 Å². The van der Waals surface area contributed by atoms with Crippen LogP contribution >= 0.6 is 11.8 Å². The molecule has 0 aliphatic heterocycles. The van der Waals surface area contributed by atoms with Gasteiger partial charge in [0.05, 0.1) is 12.5 Å². The normalized spacial score (nSPS) is 14.9. The largest absolute Gasteiger partial charge is 0.480 e. The molecule has 0 aromatic heterocycles. The van der Waals surface area contributed by atoms with Gasteiger partial charge in [0.1, 0.15) is 18.1 Å². The number of nitrogens with two attached hydrogens (primary N) is 2. The van der Waals surface area contributed by atoms with Crippen molar-refractivity contribution in [3.63, 3.8) is 0 Å². The van der Waals surface area contributed by atoms with Crippen molar-refractivity contribution in [3.8, 4) is 0 Å². The average molecular weight is 476 g/mol. The summed E-state index contributed by atoms with van der Waals surface area (Å²) in [7, 11) is 0. The molecule has 8 N–H and O–H groups in total. The number of hydrogen-bond acceptors (Lipinski definition) is 7. The first kappa shape index (κ1) is 29.7. The second kappa shape index (κ2) is 14.7. The van der Waals surface area contributed by atoms with Crippen molar-refractivity contribution in [1.29, 1.82) is 0 Å². The topological polar surface area (TPSA) is 194 Å². The third-order valence-electron chi connectivity index (χ3n) is 4.62. The number of hydrogen-bond donors (Lipinski definition) is 6. The molecule has 0 rings (SSSR count). The molecule has 0 heterocycles. The summed E-state index contributed by atoms with van der Waals surface area (Å²) in [4.78, 5) is 60.8. The third kappa shape index (κ3) is 11.3. The van der Waals surface area contributed by atoms with E-state index in [-0.39, 0.29) is 24.7 Å². The maximum Gasteiger partial charge on any atom is 0.326 e. The average Bonchev–Trinajstić information content (AvgIpc) is 2.67. The Kier molecular flexibility index (Phi) is 13.6. The van der Waals surface area contributed by atoms with E-state index in [1.807, 2.05) is 13.8 Å². The first-order valence-electron chi connectivity index (χ1n) is 10.5. The molecule has 0 bridgehead atoms. The highest BCUT2D eigenvalue weighted by Gasteiger charge is 2.31. The summed E-state index contributed by atoms with van der Waals surface area (Å²) >= 11 is 1.41. The minimum absolute atomic E-state index is 0.0210. The van der Waals surface area contributed by atoms with Gasteiger partial charge in [0.15, 0.2) is 0 Å². The summed E-state index contributed by atoms with van der Waals surface area (Å²) in [6.07, 6.45) is 1.70. The Morgan fingerprint density at radius 1 is 0.875 bits per heavy atom. The van der Waals surface area contributed by atoms with Gasteiger partial charge in [-0.15, -0.1) is 0 Å². The lowest BCUT2D eigenvalue weighted by molar-refractivity contribution is -0.142. The van der Waals surface area contributed by atoms with Crippen LogP contribution in [0.2, 0.25) is 0 Å². The SMILES string of the molecule is CSCCC(NC(=O)C(CC(N)=O)NC(=O)C(CC(C)C)NC(=O)C(N)C(C)C)C(=O)O. The van der Waals surface area contributed by atoms with Crippen molar-refractivity contribution < 1.29 is 29.1 Å². The van der Waals surface area contributed by atoms with Crippen LogP contribution < -0.4 is 27.4 Å². The molecule has 0 aliphatic rings. The van der Waals surface area contributed by atoms with Crippen molar-refractivity contribution in [2.75, 3.05) is 12.0 Å². The predicted octanol–water partition coefficient (Wildman–Crippen LogP) is -0.817. The Bertz CT molecular complexity index is 673. The maximum atomic E-state index is 12.9. The summed E-state index contributed by atoms with van der Waals surface area (Å²) in [6.45, 7) is 7.24. The lowest BCUT2D eigenvalue weighted by atomic mass is 10.00. The number of aliphatic carboxylic acids is 1. The summed E-state index contributed by atoms with van der Waals surface area (Å²) in [5, 5.41) is 16.7. The fourth-order valence-corrected chi connectivity index (χ4v) is 3.19. The number of carboxylic acids is 1. The van der Waals surface area contributed by atoms with E-state index in [4.69, 9.17) is 11.5 Å². The van der Waals surface area contributed by atoms with Gasteiger partial charge in [-0.25, -0.2) is 4.79 Å². The van der Waals surface area contributed by atoms with Crippen LogP contribution in [0, 0.1) is 11.8 Å². The Labute approximate surface area is 193 Å². The van der Waals surface area contributed by atoms with Crippen LogP contribution in [0.3, 0.4) is 0 Å². The molecule has 0 aromatic carbocycles. The van der Waals surface area contributed by atoms with E-state index in [2.05, 4.69) is 16.0 Å². The summed E-state index contributed by atoms with van der Waals surface area (Å²) in [5.41, 5.74) is 11.1. The van der Waals surface area contributed by atoms with Crippen molar-refractivity contribution in [2.24, 2.45) is 23.3 Å². The van der Waals surface area contributed by atoms with Crippen molar-refractivity contribution >= 4 is 41.4 Å². The Morgan fingerprint density at radius 2 is 1.38 bits per heavy atom. The minimum Gasteiger partial charge on any atom is -0.480 e. The summed E-state index contributed by atoms with van der Waals surface area (Å²) < 4.78 is 0. The number of amides is 4. The maximum absolute atomic E-state index is 12.9. The summed E-state index contributed by atoms with van der Waals surface area (Å²) in [6, 6.07) is -4.39. The van der Waals surface area contributed by atoms with Crippen LogP contribution in [0.15, 0.2) is 0 Å². The van der Waals surface area contributed by atoms with E-state index in [1.54, 1.807) is 20.1 Å². The molecule has 12 heteroatoms. The van der Waals surface area contributed by atoms with Gasteiger partial charge in [-0.3, -0.25) is 19.2 Å². The Balaban J connectivity index is 5.49. The molecular weight excluding hydrogens is 438 g/mol. The number of carbonyl (C=O) groups is 5. The molecule has 0 spiro atoms. The van der Waals surface area contributed by atoms with Crippen LogP contribution in [-0.4, -0.2) is 70.9 Å². The number of primary amides is 1. The molecule has 0 saturated carbocycles. The van der Waals surface area contributed by atoms with Gasteiger partial charge in [0, 0.05) is 0 Å². The standard InChI is InChI=1S/C20H37N5O6S/c1-10(2)8-13(25-19(29)16(22)11(3)4)17(27)24-14(9-15(21)26)18(28)23-12(20(30)31)6-7-32-5/h10-14,16H,6-9,22H2,1-5H3,(H2,21,26)(H,23,28)(H,24,27)(H,25,29)(H,30,31). The number of nitrogens with one attached hydrogen (secondary N) is 3. The smallest absolute Gasteiger partial charge is 0.326 e. The highest BCUT2D eigenvalue weighted by molar-refractivity contribution is 7.98. The lowest BCUT2D eigenvalue weighted by Gasteiger charge is -2.26. The molecule has 4 atom stereocenters. The van der Waals surface area contributed by atoms with Crippen LogP contribution in [0.25, 0.3) is 0 Å². The van der Waals surface area contributed by atoms with Gasteiger partial charge in [0.25, 0.3) is 0 Å². The molecule has 11 nitrogen and oxygen atoms in total. The van der Waals surface area contributed by atoms with Crippen LogP contribution in [0.5, 0.6) is 0 Å². The third-order valence-corrected chi connectivity index (χ3v) is 5.27. The van der Waals surface area contributed by atoms with E-state index < -0.39 is 60.2 Å². The van der Waals surface area contributed by atoms with E-state index in [1.165, 1.54) is 11.8 Å². The summed E-state index contributed by atoms with van der Waals surface area (Å²) in [5.74, 6) is -3.79. The van der Waals surface area contributed by atoms with Crippen molar-refractivity contribution in [2.45, 2.75) is 71.1 Å². The Morgan fingerprint density at radius 3 is 1.81 bits per heavy atom. The number of carbonyl (C=O) groups excluding carboxylic acids is 4. The van der Waals surface area contributed by atoms with Crippen LogP contribution in [-0.2, 0) is 24.0 Å². The minimum atomic E-state index is -1.39. The zero-order valence-electron chi connectivity index (χ0n) is 19.3. The van der Waals surface area contributed by atoms with Gasteiger partial charge in [-0.2, -0.15) is 11.8 Å². The molecule has 32 heavy (non-hydrogen) atoms. The molecule has 0 saturated heterocycles. The number of thioether (sulfide) groups is 1. The number of carboxylic acid groups (broad SMARTS) is 1. The van der Waals surface area contributed by atoms with Gasteiger partial charge in [-0.1, -0.05) is 27.7 Å². The first-order valence-corrected chi connectivity index (χ1v) is 11.9. The fraction of sp³-hybridized carbons (Fsp3) is 0.750. The second-order valence-electron chi connectivity index (χ2n) is 8.37. The molecule has 0 aromatic rings. The van der Waals surface area contributed by atoms with E-state index in [0.717, 1.165) is 0 Å². The fourth-order valence-electron chi connectivity index (χ4n) is 2.72. The lowest BCUT2D eigenvalue weighted by Crippen LogP contribution is -2.58. The highest BCUT2D eigenvalue weighted by Crippen LogP contribution is 2.08. The van der Waals surface area contributed by atoms with Crippen LogP contribution in [0.1, 0.15) is 47.0 Å². The van der Waals surface area contributed by atoms with E-state index >= 15 is 0 Å². The van der Waals surface area contributed by atoms with Crippen molar-refractivity contribution in [3.05, 3.63) is 0 Å². The molecule has 184 valence electrons. The highest BCUT2D eigenvalue weighted by atomic mass is 32.2. The van der Waals surface area contributed by atoms with Crippen molar-refractivity contribution in [1.82, 2.24) is 16.0 Å². The molecule has 0 aliphatic carbocycles. The molecule has 4 amide bonds. The second-order valence-corrected chi connectivity index (χ2v) is 9.36. The van der Waals surface area contributed by atoms with Gasteiger partial charge in [-0.05, 0) is 36.7 Å². The molecular formula is C20H37N5O6S. The predicted molar refractivity (Wildman–Crippen MR) is 123 cm³/mol. The van der Waals surface area contributed by atoms with Crippen LogP contribution in [0.4, 0.5) is 0 Å². The van der Waals surface area contributed by atoms with Gasteiger partial charge >= 0.3 is 5.97 Å². The zero-order valence-corrected chi connectivity index (χ0v) is 20.2. The molecule has 0 radical (unpaired) electrons. The first-order chi connectivity index (χ1) is 14.8. The van der Waals surface area contributed by atoms with E-state index in [9.17, 15) is 29.1 Å². The zero-order chi connectivity index (χ0) is 25.0. The molecule has 4 unspecified atom stereocenters. The monoisotopic (exact) mass is 475 g/mol.